The lowest BCUT2D eigenvalue weighted by atomic mass is 9.99. The minimum absolute atomic E-state index is 0.148. The summed E-state index contributed by atoms with van der Waals surface area (Å²) in [6, 6.07) is 6.41. The first kappa shape index (κ1) is 16.6. The van der Waals surface area contributed by atoms with E-state index in [1.165, 1.54) is 16.7 Å². The zero-order chi connectivity index (χ0) is 12.4. The first-order valence-electron chi connectivity index (χ1n) is 5.94. The van der Waals surface area contributed by atoms with Crippen molar-refractivity contribution in [1.29, 1.82) is 0 Å². The Hall–Kier alpha value is -0.820. The summed E-state index contributed by atoms with van der Waals surface area (Å²) in [5.74, 6) is 0. The lowest BCUT2D eigenvalue weighted by Crippen LogP contribution is -2.07. The summed E-state index contributed by atoms with van der Waals surface area (Å²) in [5.41, 5.74) is 9.68. The van der Waals surface area contributed by atoms with E-state index in [0.29, 0.717) is 0 Å². The lowest BCUT2D eigenvalue weighted by molar-refractivity contribution is 0.808. The number of hydrogen-bond acceptors (Lipinski definition) is 1. The molecule has 1 aromatic carbocycles. The van der Waals surface area contributed by atoms with E-state index in [1.54, 1.807) is 0 Å². The van der Waals surface area contributed by atoms with Gasteiger partial charge in [-0.25, -0.2) is 0 Å². The fourth-order valence-corrected chi connectivity index (χ4v) is 1.27. The van der Waals surface area contributed by atoms with Crippen LogP contribution >= 0.6 is 0 Å². The highest BCUT2D eigenvalue weighted by Crippen LogP contribution is 2.17. The Kier molecular flexibility index (Phi) is 10.8. The smallest absolute Gasteiger partial charge is 0.0268 e. The van der Waals surface area contributed by atoms with Crippen LogP contribution in [0.3, 0.4) is 0 Å². The average Bonchev–Trinajstić information content (AvgIpc) is 2.27. The molecule has 0 saturated heterocycles. The molecule has 1 heteroatoms. The maximum Gasteiger partial charge on any atom is 0.0268 e. The Balaban J connectivity index is 0. The van der Waals surface area contributed by atoms with Crippen molar-refractivity contribution in [1.82, 2.24) is 0 Å². The number of nitrogens with two attached hydrogens (primary N) is 1. The fraction of sp³-hybridized carbons (Fsp3) is 0.571. The normalized spacial score (nSPS) is 10.4. The molecule has 0 aliphatic heterocycles. The SMILES string of the molecule is CC.CC.Cc1cccc(C(C)N)c1C. The van der Waals surface area contributed by atoms with E-state index in [2.05, 4.69) is 32.0 Å². The first-order valence-corrected chi connectivity index (χ1v) is 5.94. The van der Waals surface area contributed by atoms with Crippen LogP contribution < -0.4 is 5.73 Å². The van der Waals surface area contributed by atoms with Crippen molar-refractivity contribution in [3.05, 3.63) is 34.9 Å². The van der Waals surface area contributed by atoms with Crippen LogP contribution in [0.15, 0.2) is 18.2 Å². The van der Waals surface area contributed by atoms with E-state index >= 15 is 0 Å². The Labute approximate surface area is 95.7 Å². The van der Waals surface area contributed by atoms with E-state index in [1.807, 2.05) is 34.6 Å². The van der Waals surface area contributed by atoms with Gasteiger partial charge in [0.25, 0.3) is 0 Å². The van der Waals surface area contributed by atoms with Gasteiger partial charge in [-0.1, -0.05) is 45.9 Å². The fourth-order valence-electron chi connectivity index (χ4n) is 1.27. The molecular formula is C14H27N. The lowest BCUT2D eigenvalue weighted by Gasteiger charge is -2.10. The van der Waals surface area contributed by atoms with Crippen molar-refractivity contribution in [2.75, 3.05) is 0 Å². The molecule has 0 radical (unpaired) electrons. The molecule has 0 aliphatic carbocycles. The maximum absolute atomic E-state index is 5.78. The van der Waals surface area contributed by atoms with Crippen LogP contribution in [0.2, 0.25) is 0 Å². The van der Waals surface area contributed by atoms with Crippen LogP contribution in [0.25, 0.3) is 0 Å². The molecule has 0 bridgehead atoms. The third kappa shape index (κ3) is 5.58. The van der Waals surface area contributed by atoms with Crippen LogP contribution in [0.4, 0.5) is 0 Å². The van der Waals surface area contributed by atoms with Crippen molar-refractivity contribution < 1.29 is 0 Å². The number of benzene rings is 1. The van der Waals surface area contributed by atoms with Gasteiger partial charge in [0.2, 0.25) is 0 Å². The van der Waals surface area contributed by atoms with Gasteiger partial charge in [-0.15, -0.1) is 0 Å². The Morgan fingerprint density at radius 3 is 1.80 bits per heavy atom. The molecule has 1 unspecified atom stereocenters. The molecule has 0 aliphatic rings. The molecule has 0 saturated carbocycles. The largest absolute Gasteiger partial charge is 0.324 e. The molecule has 0 heterocycles. The summed E-state index contributed by atoms with van der Waals surface area (Å²) < 4.78 is 0. The third-order valence-corrected chi connectivity index (χ3v) is 2.14. The Morgan fingerprint density at radius 2 is 1.47 bits per heavy atom. The van der Waals surface area contributed by atoms with Crippen LogP contribution in [-0.2, 0) is 0 Å². The molecule has 0 aromatic heterocycles. The van der Waals surface area contributed by atoms with Crippen molar-refractivity contribution in [3.63, 3.8) is 0 Å². The summed E-state index contributed by atoms with van der Waals surface area (Å²) in [6.07, 6.45) is 0. The second kappa shape index (κ2) is 9.72. The molecule has 1 atom stereocenters. The van der Waals surface area contributed by atoms with Gasteiger partial charge in [0.15, 0.2) is 0 Å². The zero-order valence-corrected chi connectivity index (χ0v) is 11.4. The van der Waals surface area contributed by atoms with Crippen molar-refractivity contribution in [2.24, 2.45) is 5.73 Å². The van der Waals surface area contributed by atoms with Gasteiger partial charge in [-0.3, -0.25) is 0 Å². The van der Waals surface area contributed by atoms with E-state index < -0.39 is 0 Å². The predicted molar refractivity (Wildman–Crippen MR) is 71.2 cm³/mol. The molecule has 88 valence electrons. The second-order valence-corrected chi connectivity index (χ2v) is 3.08. The van der Waals surface area contributed by atoms with Gasteiger partial charge in [0, 0.05) is 6.04 Å². The minimum atomic E-state index is 0.148. The molecular weight excluding hydrogens is 182 g/mol. The highest BCUT2D eigenvalue weighted by molar-refractivity contribution is 5.34. The predicted octanol–water partition coefficient (Wildman–Crippen LogP) is 4.38. The van der Waals surface area contributed by atoms with Crippen molar-refractivity contribution in [3.8, 4) is 0 Å². The number of hydrogen-bond donors (Lipinski definition) is 1. The summed E-state index contributed by atoms with van der Waals surface area (Å²) in [5, 5.41) is 0. The van der Waals surface area contributed by atoms with Crippen LogP contribution in [-0.4, -0.2) is 0 Å². The van der Waals surface area contributed by atoms with Gasteiger partial charge in [-0.2, -0.15) is 0 Å². The monoisotopic (exact) mass is 209 g/mol. The van der Waals surface area contributed by atoms with Gasteiger partial charge >= 0.3 is 0 Å². The second-order valence-electron chi connectivity index (χ2n) is 3.08. The third-order valence-electron chi connectivity index (χ3n) is 2.14. The molecule has 0 fully saturated rings. The quantitative estimate of drug-likeness (QED) is 0.730. The topological polar surface area (TPSA) is 26.0 Å². The summed E-state index contributed by atoms with van der Waals surface area (Å²) in [4.78, 5) is 0. The standard InChI is InChI=1S/C10H15N.2C2H6/c1-7-5-4-6-10(8(7)2)9(3)11;2*1-2/h4-6,9H,11H2,1-3H3;2*1-2H3. The first-order chi connectivity index (χ1) is 7.13. The molecule has 0 spiro atoms. The number of rotatable bonds is 1. The molecule has 1 aromatic rings. The summed E-state index contributed by atoms with van der Waals surface area (Å²) in [7, 11) is 0. The van der Waals surface area contributed by atoms with E-state index in [9.17, 15) is 0 Å². The highest BCUT2D eigenvalue weighted by Gasteiger charge is 2.03. The van der Waals surface area contributed by atoms with E-state index in [4.69, 9.17) is 5.73 Å². The Bertz CT molecular complexity index is 252. The van der Waals surface area contributed by atoms with Gasteiger partial charge < -0.3 is 5.73 Å². The molecule has 15 heavy (non-hydrogen) atoms. The van der Waals surface area contributed by atoms with Gasteiger partial charge in [0.1, 0.15) is 0 Å². The van der Waals surface area contributed by atoms with Crippen LogP contribution in [0, 0.1) is 13.8 Å². The molecule has 2 N–H and O–H groups in total. The molecule has 0 amide bonds. The van der Waals surface area contributed by atoms with Crippen LogP contribution in [0.5, 0.6) is 0 Å². The van der Waals surface area contributed by atoms with Crippen LogP contribution in [0.1, 0.15) is 57.4 Å². The summed E-state index contributed by atoms with van der Waals surface area (Å²) >= 11 is 0. The van der Waals surface area contributed by atoms with Crippen molar-refractivity contribution in [2.45, 2.75) is 54.5 Å². The van der Waals surface area contributed by atoms with Gasteiger partial charge in [-0.05, 0) is 37.5 Å². The molecule has 1 rings (SSSR count). The number of aryl methyl sites for hydroxylation is 1. The van der Waals surface area contributed by atoms with E-state index in [0.717, 1.165) is 0 Å². The van der Waals surface area contributed by atoms with E-state index in [-0.39, 0.29) is 6.04 Å². The van der Waals surface area contributed by atoms with Gasteiger partial charge in [0.05, 0.1) is 0 Å². The summed E-state index contributed by atoms with van der Waals surface area (Å²) in [6.45, 7) is 14.2. The molecule has 1 nitrogen and oxygen atoms in total. The zero-order valence-electron chi connectivity index (χ0n) is 11.4. The Morgan fingerprint density at radius 1 is 1.00 bits per heavy atom. The average molecular weight is 209 g/mol. The minimum Gasteiger partial charge on any atom is -0.324 e. The maximum atomic E-state index is 5.78. The van der Waals surface area contributed by atoms with Crippen molar-refractivity contribution >= 4 is 0 Å². The highest BCUT2D eigenvalue weighted by atomic mass is 14.6.